The number of carbonyl (C=O) groups is 2. The van der Waals surface area contributed by atoms with Crippen LogP contribution in [0.25, 0.3) is 0 Å². The van der Waals surface area contributed by atoms with Crippen molar-refractivity contribution in [1.29, 1.82) is 0 Å². The molecular formula is C15H22N3O2+. The first kappa shape index (κ1) is 14.5. The minimum Gasteiger partial charge on any atom is -0.346 e. The molecule has 0 aromatic heterocycles. The highest BCUT2D eigenvalue weighted by Gasteiger charge is 2.22. The number of piperazine rings is 1. The van der Waals surface area contributed by atoms with E-state index in [-0.39, 0.29) is 11.8 Å². The Bertz CT molecular complexity index is 514. The molecule has 1 atom stereocenters. The zero-order valence-corrected chi connectivity index (χ0v) is 12.1. The third kappa shape index (κ3) is 3.57. The quantitative estimate of drug-likeness (QED) is 0.695. The minimum absolute atomic E-state index is 0.0178. The van der Waals surface area contributed by atoms with Crippen LogP contribution in [-0.4, -0.2) is 38.0 Å². The van der Waals surface area contributed by atoms with E-state index in [1.54, 1.807) is 0 Å². The van der Waals surface area contributed by atoms with Crippen LogP contribution in [0.5, 0.6) is 0 Å². The first-order valence-electron chi connectivity index (χ1n) is 7.08. The van der Waals surface area contributed by atoms with E-state index < -0.39 is 0 Å². The van der Waals surface area contributed by atoms with Gasteiger partial charge in [-0.1, -0.05) is 25.1 Å². The lowest BCUT2D eigenvalue weighted by Crippen LogP contribution is -3.16. The number of para-hydroxylation sites is 1. The van der Waals surface area contributed by atoms with Crippen LogP contribution in [0.1, 0.15) is 18.1 Å². The van der Waals surface area contributed by atoms with Crippen molar-refractivity contribution in [2.24, 2.45) is 0 Å². The first-order valence-corrected chi connectivity index (χ1v) is 7.08. The molecule has 108 valence electrons. The van der Waals surface area contributed by atoms with Gasteiger partial charge in [-0.05, 0) is 24.5 Å². The van der Waals surface area contributed by atoms with Crippen LogP contribution in [0.3, 0.4) is 0 Å². The summed E-state index contributed by atoms with van der Waals surface area (Å²) in [6.45, 7) is 6.23. The smallest absolute Gasteiger partial charge is 0.279 e. The van der Waals surface area contributed by atoms with Gasteiger partial charge in [-0.25, -0.2) is 0 Å². The molecule has 2 amide bonds. The Labute approximate surface area is 119 Å². The van der Waals surface area contributed by atoms with Crippen molar-refractivity contribution in [3.8, 4) is 0 Å². The second kappa shape index (κ2) is 6.52. The zero-order valence-electron chi connectivity index (χ0n) is 12.1. The molecule has 0 spiro atoms. The molecule has 1 fully saturated rings. The maximum atomic E-state index is 12.1. The molecule has 3 N–H and O–H groups in total. The van der Waals surface area contributed by atoms with Crippen LogP contribution in [-0.2, 0) is 16.0 Å². The van der Waals surface area contributed by atoms with Crippen LogP contribution in [0.15, 0.2) is 18.2 Å². The number of rotatable bonds is 4. The third-order valence-electron chi connectivity index (χ3n) is 3.63. The van der Waals surface area contributed by atoms with E-state index in [2.05, 4.69) is 17.6 Å². The summed E-state index contributed by atoms with van der Waals surface area (Å²) in [5.74, 6) is -0.0112. The standard InChI is InChI=1S/C15H21N3O2/c1-3-12-6-4-5-11(2)15(12)17-14(20)10-18-8-7-16-13(19)9-18/h4-6H,3,7-10H2,1-2H3,(H,16,19)(H,17,20)/p+1. The minimum atomic E-state index is -0.0290. The van der Waals surface area contributed by atoms with Crippen LogP contribution >= 0.6 is 0 Å². The number of amides is 2. The molecule has 20 heavy (non-hydrogen) atoms. The summed E-state index contributed by atoms with van der Waals surface area (Å²) in [7, 11) is 0. The number of carbonyl (C=O) groups excluding carboxylic acids is 2. The Morgan fingerprint density at radius 3 is 2.95 bits per heavy atom. The molecule has 1 unspecified atom stereocenters. The van der Waals surface area contributed by atoms with Crippen molar-refractivity contribution in [1.82, 2.24) is 5.32 Å². The van der Waals surface area contributed by atoms with Gasteiger partial charge in [-0.3, -0.25) is 9.59 Å². The van der Waals surface area contributed by atoms with Crippen LogP contribution in [0.2, 0.25) is 0 Å². The Morgan fingerprint density at radius 1 is 1.45 bits per heavy atom. The van der Waals surface area contributed by atoms with E-state index in [4.69, 9.17) is 0 Å². The van der Waals surface area contributed by atoms with Crippen molar-refractivity contribution >= 4 is 17.5 Å². The van der Waals surface area contributed by atoms with Crippen molar-refractivity contribution in [3.63, 3.8) is 0 Å². The van der Waals surface area contributed by atoms with E-state index in [9.17, 15) is 9.59 Å². The molecule has 1 aliphatic rings. The van der Waals surface area contributed by atoms with Crippen molar-refractivity contribution in [3.05, 3.63) is 29.3 Å². The zero-order chi connectivity index (χ0) is 14.5. The average Bonchev–Trinajstić information content (AvgIpc) is 2.41. The number of nitrogens with one attached hydrogen (secondary N) is 3. The highest BCUT2D eigenvalue weighted by molar-refractivity contribution is 5.93. The number of hydrogen-bond donors (Lipinski definition) is 3. The van der Waals surface area contributed by atoms with E-state index in [0.717, 1.165) is 34.7 Å². The Kier molecular flexibility index (Phi) is 4.74. The van der Waals surface area contributed by atoms with Gasteiger partial charge in [0.25, 0.3) is 11.8 Å². The Hall–Kier alpha value is -1.88. The molecule has 5 nitrogen and oxygen atoms in total. The van der Waals surface area contributed by atoms with Gasteiger partial charge in [0.2, 0.25) is 0 Å². The largest absolute Gasteiger partial charge is 0.346 e. The lowest BCUT2D eigenvalue weighted by Gasteiger charge is -2.23. The monoisotopic (exact) mass is 276 g/mol. The van der Waals surface area contributed by atoms with Crippen LogP contribution in [0.4, 0.5) is 5.69 Å². The predicted octanol–water partition coefficient (Wildman–Crippen LogP) is -0.489. The predicted molar refractivity (Wildman–Crippen MR) is 77.8 cm³/mol. The summed E-state index contributed by atoms with van der Waals surface area (Å²) in [6, 6.07) is 6.03. The summed E-state index contributed by atoms with van der Waals surface area (Å²) in [4.78, 5) is 24.5. The number of aryl methyl sites for hydroxylation is 2. The fraction of sp³-hybridized carbons (Fsp3) is 0.467. The number of anilines is 1. The second-order valence-electron chi connectivity index (χ2n) is 5.21. The number of benzene rings is 1. The van der Waals surface area contributed by atoms with E-state index in [1.807, 2.05) is 25.1 Å². The number of hydrogen-bond acceptors (Lipinski definition) is 2. The van der Waals surface area contributed by atoms with E-state index in [1.165, 1.54) is 0 Å². The maximum Gasteiger partial charge on any atom is 0.279 e. The van der Waals surface area contributed by atoms with Gasteiger partial charge in [0.15, 0.2) is 13.1 Å². The molecular weight excluding hydrogens is 254 g/mol. The van der Waals surface area contributed by atoms with Gasteiger partial charge in [0, 0.05) is 5.69 Å². The summed E-state index contributed by atoms with van der Waals surface area (Å²) < 4.78 is 0. The fourth-order valence-corrected chi connectivity index (χ4v) is 2.52. The molecule has 1 aliphatic heterocycles. The van der Waals surface area contributed by atoms with Crippen LogP contribution < -0.4 is 15.5 Å². The van der Waals surface area contributed by atoms with Gasteiger partial charge in [0.05, 0.1) is 13.1 Å². The summed E-state index contributed by atoms with van der Waals surface area (Å²) >= 11 is 0. The van der Waals surface area contributed by atoms with Gasteiger partial charge < -0.3 is 15.5 Å². The van der Waals surface area contributed by atoms with E-state index in [0.29, 0.717) is 19.6 Å². The van der Waals surface area contributed by atoms with Gasteiger partial charge >= 0.3 is 0 Å². The topological polar surface area (TPSA) is 62.6 Å². The van der Waals surface area contributed by atoms with Gasteiger partial charge in [0.1, 0.15) is 0 Å². The summed E-state index contributed by atoms with van der Waals surface area (Å²) in [6.07, 6.45) is 0.885. The highest BCUT2D eigenvalue weighted by atomic mass is 16.2. The highest BCUT2D eigenvalue weighted by Crippen LogP contribution is 2.20. The lowest BCUT2D eigenvalue weighted by molar-refractivity contribution is -0.885. The normalized spacial score (nSPS) is 18.5. The molecule has 1 saturated heterocycles. The molecule has 2 rings (SSSR count). The summed E-state index contributed by atoms with van der Waals surface area (Å²) in [5.41, 5.74) is 3.13. The van der Waals surface area contributed by atoms with Crippen molar-refractivity contribution in [2.45, 2.75) is 20.3 Å². The van der Waals surface area contributed by atoms with E-state index >= 15 is 0 Å². The SMILES string of the molecule is CCc1cccc(C)c1NC(=O)C[NH+]1CCNC(=O)C1. The van der Waals surface area contributed by atoms with Gasteiger partial charge in [-0.15, -0.1) is 0 Å². The van der Waals surface area contributed by atoms with Crippen molar-refractivity contribution < 1.29 is 14.5 Å². The summed E-state index contributed by atoms with van der Waals surface area (Å²) in [5, 5.41) is 5.77. The average molecular weight is 276 g/mol. The first-order chi connectivity index (χ1) is 9.60. The van der Waals surface area contributed by atoms with Gasteiger partial charge in [-0.2, -0.15) is 0 Å². The second-order valence-corrected chi connectivity index (χ2v) is 5.21. The Balaban J connectivity index is 1.99. The Morgan fingerprint density at radius 2 is 2.25 bits per heavy atom. The fourth-order valence-electron chi connectivity index (χ4n) is 2.52. The maximum absolute atomic E-state index is 12.1. The number of quaternary nitrogens is 1. The third-order valence-corrected chi connectivity index (χ3v) is 3.63. The van der Waals surface area contributed by atoms with Crippen molar-refractivity contribution in [2.75, 3.05) is 31.5 Å². The molecule has 0 radical (unpaired) electrons. The molecule has 0 aliphatic carbocycles. The molecule has 0 bridgehead atoms. The van der Waals surface area contributed by atoms with Crippen LogP contribution in [0, 0.1) is 6.92 Å². The molecule has 1 aromatic rings. The molecule has 1 heterocycles. The molecule has 5 heteroatoms. The molecule has 1 aromatic carbocycles. The lowest BCUT2D eigenvalue weighted by atomic mass is 10.1. The molecule has 0 saturated carbocycles.